The number of carbonyl (C=O) groups is 1. The monoisotopic (exact) mass is 322 g/mol. The molecule has 1 heterocycles. The second-order valence-electron chi connectivity index (χ2n) is 5.36. The Morgan fingerprint density at radius 1 is 1.38 bits per heavy atom. The summed E-state index contributed by atoms with van der Waals surface area (Å²) in [6.45, 7) is 5.03. The van der Waals surface area contributed by atoms with Crippen molar-refractivity contribution in [1.29, 1.82) is 0 Å². The van der Waals surface area contributed by atoms with Crippen LogP contribution in [0.4, 0.5) is 0 Å². The molecule has 0 spiro atoms. The number of nitrogens with zero attached hydrogens (tertiary/aromatic N) is 2. The number of carboxylic acids is 1. The fourth-order valence-corrected chi connectivity index (χ4v) is 4.53. The smallest absolute Gasteiger partial charge is 0.311 e. The first-order chi connectivity index (χ1) is 9.84. The Morgan fingerprint density at radius 3 is 2.48 bits per heavy atom. The van der Waals surface area contributed by atoms with Gasteiger partial charge in [0.25, 0.3) is 10.2 Å². The van der Waals surface area contributed by atoms with E-state index in [-0.39, 0.29) is 6.54 Å². The van der Waals surface area contributed by atoms with Crippen molar-refractivity contribution in [3.8, 4) is 0 Å². The van der Waals surface area contributed by atoms with Crippen molar-refractivity contribution >= 4 is 16.2 Å². The zero-order valence-electron chi connectivity index (χ0n) is 13.0. The molecule has 1 saturated heterocycles. The number of hydrogen-bond acceptors (Lipinski definition) is 4. The molecule has 8 heteroatoms. The molecule has 21 heavy (non-hydrogen) atoms. The van der Waals surface area contributed by atoms with Crippen LogP contribution in [-0.2, 0) is 19.7 Å². The van der Waals surface area contributed by atoms with Gasteiger partial charge in [0.1, 0.15) is 0 Å². The topological polar surface area (TPSA) is 87.2 Å². The molecule has 0 unspecified atom stereocenters. The maximum atomic E-state index is 12.6. The molecule has 0 radical (unpaired) electrons. The SMILES string of the molecule is CCN(CC)S(=O)(=O)N1CCC[C@@](CCOC)(C(=O)O)C1. The Bertz CT molecular complexity index is 449. The standard InChI is InChI=1S/C13H26N2O5S/c1-4-14(5-2)21(18,19)15-9-6-7-13(11-15,12(16)17)8-10-20-3/h4-11H2,1-3H3,(H,16,17)/t13-/m0/s1. The van der Waals surface area contributed by atoms with Crippen LogP contribution in [-0.4, -0.2) is 68.0 Å². The second kappa shape index (κ2) is 7.53. The fourth-order valence-electron chi connectivity index (χ4n) is 2.78. The third kappa shape index (κ3) is 3.94. The lowest BCUT2D eigenvalue weighted by atomic mass is 9.78. The molecule has 7 nitrogen and oxygen atoms in total. The van der Waals surface area contributed by atoms with E-state index in [1.165, 1.54) is 15.7 Å². The molecule has 1 N–H and O–H groups in total. The molecule has 1 rings (SSSR count). The summed E-state index contributed by atoms with van der Waals surface area (Å²) >= 11 is 0. The average molecular weight is 322 g/mol. The van der Waals surface area contributed by atoms with Crippen LogP contribution in [0.25, 0.3) is 0 Å². The third-order valence-electron chi connectivity index (χ3n) is 4.14. The van der Waals surface area contributed by atoms with Crippen LogP contribution in [0.15, 0.2) is 0 Å². The number of hydrogen-bond donors (Lipinski definition) is 1. The summed E-state index contributed by atoms with van der Waals surface area (Å²) < 4.78 is 32.8. The number of rotatable bonds is 8. The zero-order chi connectivity index (χ0) is 16.1. The highest BCUT2D eigenvalue weighted by Crippen LogP contribution is 2.35. The molecular formula is C13H26N2O5S. The van der Waals surface area contributed by atoms with E-state index in [2.05, 4.69) is 0 Å². The van der Waals surface area contributed by atoms with Crippen molar-refractivity contribution in [3.05, 3.63) is 0 Å². The van der Waals surface area contributed by atoms with Crippen molar-refractivity contribution in [3.63, 3.8) is 0 Å². The van der Waals surface area contributed by atoms with Gasteiger partial charge in [-0.05, 0) is 19.3 Å². The van der Waals surface area contributed by atoms with Gasteiger partial charge in [-0.1, -0.05) is 13.8 Å². The van der Waals surface area contributed by atoms with Gasteiger partial charge >= 0.3 is 5.97 Å². The predicted molar refractivity (Wildman–Crippen MR) is 79.2 cm³/mol. The first kappa shape index (κ1) is 18.3. The zero-order valence-corrected chi connectivity index (χ0v) is 13.9. The first-order valence-corrected chi connectivity index (χ1v) is 8.71. The summed E-state index contributed by atoms with van der Waals surface area (Å²) in [5.74, 6) is -0.945. The lowest BCUT2D eigenvalue weighted by molar-refractivity contribution is -0.152. The van der Waals surface area contributed by atoms with Crippen molar-refractivity contribution < 1.29 is 23.1 Å². The number of carboxylic acid groups (broad SMARTS) is 1. The number of ether oxygens (including phenoxy) is 1. The molecule has 0 amide bonds. The highest BCUT2D eigenvalue weighted by molar-refractivity contribution is 7.86. The van der Waals surface area contributed by atoms with Gasteiger partial charge in [0.05, 0.1) is 5.41 Å². The molecule has 0 bridgehead atoms. The van der Waals surface area contributed by atoms with Gasteiger partial charge < -0.3 is 9.84 Å². The quantitative estimate of drug-likeness (QED) is 0.713. The van der Waals surface area contributed by atoms with E-state index in [1.54, 1.807) is 13.8 Å². The van der Waals surface area contributed by atoms with E-state index in [4.69, 9.17) is 4.74 Å². The van der Waals surface area contributed by atoms with Gasteiger partial charge in [0.15, 0.2) is 0 Å². The Kier molecular flexibility index (Phi) is 6.58. The number of methoxy groups -OCH3 is 1. The van der Waals surface area contributed by atoms with Gasteiger partial charge in [-0.3, -0.25) is 4.79 Å². The molecule has 0 aliphatic carbocycles. The summed E-state index contributed by atoms with van der Waals surface area (Å²) in [4.78, 5) is 11.7. The molecule has 124 valence electrons. The van der Waals surface area contributed by atoms with Gasteiger partial charge in [-0.25, -0.2) is 0 Å². The van der Waals surface area contributed by atoms with Crippen LogP contribution >= 0.6 is 0 Å². The van der Waals surface area contributed by atoms with Gasteiger partial charge in [0.2, 0.25) is 0 Å². The molecule has 0 aromatic rings. The van der Waals surface area contributed by atoms with Gasteiger partial charge in [0, 0.05) is 39.9 Å². The van der Waals surface area contributed by atoms with Crippen LogP contribution in [0, 0.1) is 5.41 Å². The van der Waals surface area contributed by atoms with Crippen molar-refractivity contribution in [2.75, 3.05) is 39.9 Å². The Hall–Kier alpha value is -0.700. The number of piperidine rings is 1. The highest BCUT2D eigenvalue weighted by Gasteiger charge is 2.45. The summed E-state index contributed by atoms with van der Waals surface area (Å²) in [5.41, 5.74) is -1.05. The molecule has 1 fully saturated rings. The summed E-state index contributed by atoms with van der Waals surface area (Å²) in [7, 11) is -2.07. The van der Waals surface area contributed by atoms with Gasteiger partial charge in [-0.15, -0.1) is 0 Å². The Labute approximate surface area is 127 Å². The first-order valence-electron chi connectivity index (χ1n) is 7.31. The maximum Gasteiger partial charge on any atom is 0.311 e. The number of aliphatic carboxylic acids is 1. The van der Waals surface area contributed by atoms with E-state index in [9.17, 15) is 18.3 Å². The molecule has 0 saturated carbocycles. The molecule has 1 aliphatic rings. The Balaban J connectivity index is 2.99. The predicted octanol–water partition coefficient (Wildman–Crippen LogP) is 0.776. The van der Waals surface area contributed by atoms with Crippen molar-refractivity contribution in [1.82, 2.24) is 8.61 Å². The molecule has 0 aromatic carbocycles. The molecule has 1 atom stereocenters. The lowest BCUT2D eigenvalue weighted by Crippen LogP contribution is -2.54. The van der Waals surface area contributed by atoms with E-state index in [0.717, 1.165) is 0 Å². The summed E-state index contributed by atoms with van der Waals surface area (Å²) in [6, 6.07) is 0. The molecular weight excluding hydrogens is 296 g/mol. The summed E-state index contributed by atoms with van der Waals surface area (Å²) in [5, 5.41) is 9.56. The van der Waals surface area contributed by atoms with Crippen LogP contribution in [0.1, 0.15) is 33.1 Å². The highest BCUT2D eigenvalue weighted by atomic mass is 32.2. The average Bonchev–Trinajstić information content (AvgIpc) is 2.46. The van der Waals surface area contributed by atoms with Crippen molar-refractivity contribution in [2.45, 2.75) is 33.1 Å². The normalized spacial score (nSPS) is 24.4. The van der Waals surface area contributed by atoms with Crippen LogP contribution in [0.2, 0.25) is 0 Å². The molecule has 0 aromatic heterocycles. The second-order valence-corrected chi connectivity index (χ2v) is 7.29. The minimum atomic E-state index is -3.59. The summed E-state index contributed by atoms with van der Waals surface area (Å²) in [6.07, 6.45) is 1.36. The van der Waals surface area contributed by atoms with Crippen LogP contribution in [0.3, 0.4) is 0 Å². The van der Waals surface area contributed by atoms with Crippen LogP contribution in [0.5, 0.6) is 0 Å². The van der Waals surface area contributed by atoms with Gasteiger partial charge in [-0.2, -0.15) is 17.0 Å². The van der Waals surface area contributed by atoms with Crippen molar-refractivity contribution in [2.24, 2.45) is 5.41 Å². The fraction of sp³-hybridized carbons (Fsp3) is 0.923. The van der Waals surface area contributed by atoms with E-state index >= 15 is 0 Å². The Morgan fingerprint density at radius 2 is 2.00 bits per heavy atom. The van der Waals surface area contributed by atoms with E-state index < -0.39 is 21.6 Å². The lowest BCUT2D eigenvalue weighted by Gasteiger charge is -2.40. The molecule has 1 aliphatic heterocycles. The largest absolute Gasteiger partial charge is 0.481 e. The van der Waals surface area contributed by atoms with E-state index in [1.807, 2.05) is 0 Å². The maximum absolute atomic E-state index is 12.6. The van der Waals surface area contributed by atoms with Crippen LogP contribution < -0.4 is 0 Å². The minimum Gasteiger partial charge on any atom is -0.481 e. The third-order valence-corrected chi connectivity index (χ3v) is 6.27. The minimum absolute atomic E-state index is 0.0184. The van der Waals surface area contributed by atoms with E-state index in [0.29, 0.717) is 45.5 Å².